The van der Waals surface area contributed by atoms with Crippen LogP contribution in [0.5, 0.6) is 0 Å². The zero-order valence-electron chi connectivity index (χ0n) is 9.76. The van der Waals surface area contributed by atoms with E-state index in [0.717, 1.165) is 0 Å². The number of nitrogens with zero attached hydrogens (tertiary/aromatic N) is 1. The van der Waals surface area contributed by atoms with Crippen molar-refractivity contribution in [1.29, 1.82) is 0 Å². The van der Waals surface area contributed by atoms with E-state index in [-0.39, 0.29) is 11.3 Å². The SMILES string of the molecule is O=C(O)c1sc(COCC(F)(F)C(F)F)nc1C(F)(F)F. The first kappa shape index (κ1) is 17.6. The lowest BCUT2D eigenvalue weighted by Gasteiger charge is -2.14. The molecule has 21 heavy (non-hydrogen) atoms. The second-order valence-corrected chi connectivity index (χ2v) is 4.73. The van der Waals surface area contributed by atoms with Crippen molar-refractivity contribution in [1.82, 2.24) is 4.98 Å². The summed E-state index contributed by atoms with van der Waals surface area (Å²) in [4.78, 5) is 12.4. The average Bonchev–Trinajstić information content (AvgIpc) is 2.72. The normalized spacial score (nSPS) is 13.0. The minimum absolute atomic E-state index is 0.0654. The highest BCUT2D eigenvalue weighted by Crippen LogP contribution is 2.34. The number of carboxylic acid groups (broad SMARTS) is 1. The van der Waals surface area contributed by atoms with Crippen molar-refractivity contribution in [2.75, 3.05) is 6.61 Å². The summed E-state index contributed by atoms with van der Waals surface area (Å²) < 4.78 is 90.1. The number of thiazole rings is 1. The maximum absolute atomic E-state index is 12.5. The van der Waals surface area contributed by atoms with E-state index < -0.39 is 53.3 Å². The number of ether oxygens (including phenoxy) is 1. The van der Waals surface area contributed by atoms with Crippen LogP contribution in [0.4, 0.5) is 30.7 Å². The molecule has 0 aliphatic carbocycles. The van der Waals surface area contributed by atoms with Gasteiger partial charge < -0.3 is 9.84 Å². The van der Waals surface area contributed by atoms with E-state index in [4.69, 9.17) is 5.11 Å². The van der Waals surface area contributed by atoms with Gasteiger partial charge in [0, 0.05) is 0 Å². The Morgan fingerprint density at radius 3 is 2.24 bits per heavy atom. The molecule has 0 unspecified atom stereocenters. The number of aromatic nitrogens is 1. The Balaban J connectivity index is 2.80. The van der Waals surface area contributed by atoms with Crippen molar-refractivity contribution in [3.63, 3.8) is 0 Å². The van der Waals surface area contributed by atoms with Crippen LogP contribution in [0, 0.1) is 0 Å². The number of alkyl halides is 7. The first-order valence-corrected chi connectivity index (χ1v) is 5.80. The number of carboxylic acids is 1. The molecule has 0 radical (unpaired) electrons. The Morgan fingerprint density at radius 2 is 1.86 bits per heavy atom. The molecule has 4 nitrogen and oxygen atoms in total. The van der Waals surface area contributed by atoms with Crippen molar-refractivity contribution < 1.29 is 45.4 Å². The summed E-state index contributed by atoms with van der Waals surface area (Å²) in [6, 6.07) is 0. The molecule has 1 aromatic heterocycles. The zero-order valence-corrected chi connectivity index (χ0v) is 10.6. The molecule has 0 aliphatic heterocycles. The van der Waals surface area contributed by atoms with E-state index in [1.54, 1.807) is 0 Å². The molecule has 0 aliphatic rings. The molecule has 0 spiro atoms. The number of rotatable bonds is 6. The molecule has 1 N–H and O–H groups in total. The van der Waals surface area contributed by atoms with Gasteiger partial charge >= 0.3 is 24.5 Å². The van der Waals surface area contributed by atoms with Crippen molar-refractivity contribution in [2.45, 2.75) is 25.1 Å². The lowest BCUT2D eigenvalue weighted by Crippen LogP contribution is -2.32. The third-order valence-electron chi connectivity index (χ3n) is 1.97. The molecule has 1 aromatic rings. The second-order valence-electron chi connectivity index (χ2n) is 3.64. The Labute approximate surface area is 116 Å². The average molecular weight is 341 g/mol. The van der Waals surface area contributed by atoms with Gasteiger partial charge in [0.05, 0.1) is 6.61 Å². The molecular weight excluding hydrogens is 335 g/mol. The van der Waals surface area contributed by atoms with Gasteiger partial charge in [0.15, 0.2) is 5.69 Å². The topological polar surface area (TPSA) is 59.4 Å². The fraction of sp³-hybridized carbons (Fsp3) is 0.556. The Bertz CT molecular complexity index is 514. The minimum Gasteiger partial charge on any atom is -0.477 e. The zero-order chi connectivity index (χ0) is 16.4. The molecule has 0 bridgehead atoms. The first-order valence-electron chi connectivity index (χ1n) is 4.99. The van der Waals surface area contributed by atoms with E-state index >= 15 is 0 Å². The number of hydrogen-bond acceptors (Lipinski definition) is 4. The number of carbonyl (C=O) groups is 1. The van der Waals surface area contributed by atoms with Gasteiger partial charge in [-0.1, -0.05) is 0 Å². The molecule has 0 fully saturated rings. The van der Waals surface area contributed by atoms with Crippen molar-refractivity contribution in [3.05, 3.63) is 15.6 Å². The van der Waals surface area contributed by atoms with Crippen LogP contribution in [-0.4, -0.2) is 35.0 Å². The Hall–Kier alpha value is -1.43. The summed E-state index contributed by atoms with van der Waals surface area (Å²) in [6.07, 6.45) is -9.04. The standard InChI is InChI=1S/C9H6F7NO3S/c10-7(11)8(12,13)2-20-1-3-17-5(9(14,15)16)4(21-3)6(18)19/h7H,1-2H2,(H,18,19). The second kappa shape index (κ2) is 6.13. The molecule has 0 amide bonds. The van der Waals surface area contributed by atoms with Gasteiger partial charge in [0.2, 0.25) is 0 Å². The summed E-state index contributed by atoms with van der Waals surface area (Å²) in [7, 11) is 0. The highest BCUT2D eigenvalue weighted by atomic mass is 32.1. The maximum atomic E-state index is 12.5. The minimum atomic E-state index is -5.05. The van der Waals surface area contributed by atoms with Gasteiger partial charge in [-0.05, 0) is 0 Å². The van der Waals surface area contributed by atoms with Crippen LogP contribution in [0.3, 0.4) is 0 Å². The molecule has 1 heterocycles. The van der Waals surface area contributed by atoms with Crippen molar-refractivity contribution in [3.8, 4) is 0 Å². The van der Waals surface area contributed by atoms with E-state index in [2.05, 4.69) is 9.72 Å². The molecule has 1 rings (SSSR count). The van der Waals surface area contributed by atoms with Crippen molar-refractivity contribution >= 4 is 17.3 Å². The van der Waals surface area contributed by atoms with Crippen LogP contribution in [0.1, 0.15) is 20.4 Å². The molecular formula is C9H6F7NO3S. The number of halogens is 7. The molecule has 0 aromatic carbocycles. The lowest BCUT2D eigenvalue weighted by molar-refractivity contribution is -0.168. The third kappa shape index (κ3) is 4.52. The monoisotopic (exact) mass is 341 g/mol. The van der Waals surface area contributed by atoms with Gasteiger partial charge in [-0.15, -0.1) is 11.3 Å². The molecule has 12 heteroatoms. The van der Waals surface area contributed by atoms with E-state index in [0.29, 0.717) is 0 Å². The van der Waals surface area contributed by atoms with Gasteiger partial charge in [-0.25, -0.2) is 18.6 Å². The predicted molar refractivity (Wildman–Crippen MR) is 54.7 cm³/mol. The highest BCUT2D eigenvalue weighted by molar-refractivity contribution is 7.13. The van der Waals surface area contributed by atoms with Gasteiger partial charge in [-0.2, -0.15) is 22.0 Å². The summed E-state index contributed by atoms with van der Waals surface area (Å²) in [5, 5.41) is 8.02. The van der Waals surface area contributed by atoms with Crippen LogP contribution in [-0.2, 0) is 17.5 Å². The summed E-state index contributed by atoms with van der Waals surface area (Å²) in [5.74, 6) is -6.36. The fourth-order valence-electron chi connectivity index (χ4n) is 1.10. The summed E-state index contributed by atoms with van der Waals surface area (Å²) >= 11 is 0.0654. The highest BCUT2D eigenvalue weighted by Gasteiger charge is 2.42. The van der Waals surface area contributed by atoms with Gasteiger partial charge in [-0.3, -0.25) is 0 Å². The third-order valence-corrected chi connectivity index (χ3v) is 2.99. The largest absolute Gasteiger partial charge is 0.477 e. The molecule has 120 valence electrons. The van der Waals surface area contributed by atoms with E-state index in [1.165, 1.54) is 0 Å². The molecule has 0 saturated heterocycles. The van der Waals surface area contributed by atoms with Crippen LogP contribution >= 0.6 is 11.3 Å². The molecule has 0 atom stereocenters. The quantitative estimate of drug-likeness (QED) is 0.807. The molecule has 0 saturated carbocycles. The lowest BCUT2D eigenvalue weighted by atomic mass is 10.3. The van der Waals surface area contributed by atoms with E-state index in [1.807, 2.05) is 0 Å². The predicted octanol–water partition coefficient (Wildman–Crippen LogP) is 3.28. The number of aromatic carboxylic acids is 1. The van der Waals surface area contributed by atoms with Crippen LogP contribution in [0.15, 0.2) is 0 Å². The Morgan fingerprint density at radius 1 is 1.29 bits per heavy atom. The van der Waals surface area contributed by atoms with Crippen LogP contribution < -0.4 is 0 Å². The van der Waals surface area contributed by atoms with Crippen molar-refractivity contribution in [2.24, 2.45) is 0 Å². The number of hydrogen-bond donors (Lipinski definition) is 1. The first-order chi connectivity index (χ1) is 9.45. The van der Waals surface area contributed by atoms with Gasteiger partial charge in [0.1, 0.15) is 16.5 Å². The van der Waals surface area contributed by atoms with Crippen LogP contribution in [0.25, 0.3) is 0 Å². The smallest absolute Gasteiger partial charge is 0.435 e. The maximum Gasteiger partial charge on any atom is 0.435 e. The van der Waals surface area contributed by atoms with E-state index in [9.17, 15) is 35.5 Å². The van der Waals surface area contributed by atoms with Crippen LogP contribution in [0.2, 0.25) is 0 Å². The summed E-state index contributed by atoms with van der Waals surface area (Å²) in [6.45, 7) is -2.67. The fourth-order valence-corrected chi connectivity index (χ4v) is 1.96. The van der Waals surface area contributed by atoms with Gasteiger partial charge in [0.25, 0.3) is 0 Å². The summed E-state index contributed by atoms with van der Waals surface area (Å²) in [5.41, 5.74) is -1.70. The Kier molecular flexibility index (Phi) is 5.15.